The van der Waals surface area contributed by atoms with E-state index in [0.29, 0.717) is 43.3 Å². The highest BCUT2D eigenvalue weighted by atomic mass is 35.5. The third kappa shape index (κ3) is 14.7. The molecule has 2 aliphatic carbocycles. The average molecular weight is 1320 g/mol. The Morgan fingerprint density at radius 1 is 0.521 bits per heavy atom. The smallest absolute Gasteiger partial charge is 0.317 e. The molecule has 0 bridgehead atoms. The zero-order chi connectivity index (χ0) is 67.0. The summed E-state index contributed by atoms with van der Waals surface area (Å²) >= 11 is 6.18. The van der Waals surface area contributed by atoms with Crippen LogP contribution in [0.25, 0.3) is 43.6 Å². The Balaban J connectivity index is 0.000000128. The Bertz CT molecular complexity index is 4110. The van der Waals surface area contributed by atoms with E-state index < -0.39 is 15.6 Å². The van der Waals surface area contributed by atoms with Gasteiger partial charge in [-0.25, -0.2) is 13.2 Å². The lowest BCUT2D eigenvalue weighted by molar-refractivity contribution is -0.135. The van der Waals surface area contributed by atoms with Gasteiger partial charge >= 0.3 is 6.03 Å². The number of aromatic amines is 4. The number of piperidine rings is 1. The second-order valence-electron chi connectivity index (χ2n) is 29.3. The molecule has 21 nitrogen and oxygen atoms in total. The number of carbonyl (C=O) groups is 3. The summed E-state index contributed by atoms with van der Waals surface area (Å²) in [6, 6.07) is 17.6. The maximum atomic E-state index is 12.1. The molecule has 2 saturated carbocycles. The molecule has 5 N–H and O–H groups in total. The molecule has 506 valence electrons. The Hall–Kier alpha value is -7.43. The lowest BCUT2D eigenvalue weighted by Crippen LogP contribution is -2.60. The fourth-order valence-electron chi connectivity index (χ4n) is 16.0. The number of piperazine rings is 3. The third-order valence-corrected chi connectivity index (χ3v) is 22.5. The van der Waals surface area contributed by atoms with E-state index in [2.05, 4.69) is 139 Å². The maximum Gasteiger partial charge on any atom is 0.317 e. The monoisotopic (exact) mass is 1320 g/mol. The molecule has 0 spiro atoms. The molecule has 4 amide bonds. The lowest BCUT2D eigenvalue weighted by Gasteiger charge is -2.47. The minimum atomic E-state index is -3.20. The van der Waals surface area contributed by atoms with Crippen LogP contribution in [0.15, 0.2) is 73.3 Å². The van der Waals surface area contributed by atoms with Crippen molar-refractivity contribution in [1.29, 1.82) is 0 Å². The number of nitrogens with zero attached hydrogens (tertiary/aromatic N) is 11. The molecular weight excluding hydrogens is 1220 g/mol. The zero-order valence-electron chi connectivity index (χ0n) is 57.3. The average Bonchev–Trinajstić information content (AvgIpc) is 1.22. The van der Waals surface area contributed by atoms with Crippen molar-refractivity contribution >= 4 is 100 Å². The summed E-state index contributed by atoms with van der Waals surface area (Å²) in [7, 11) is -1.54. The number of sulfonamides is 1. The van der Waals surface area contributed by atoms with Crippen LogP contribution in [-0.2, 0) is 19.6 Å². The molecule has 4 aromatic carbocycles. The van der Waals surface area contributed by atoms with Gasteiger partial charge in [-0.2, -0.15) is 24.7 Å². The van der Waals surface area contributed by atoms with Crippen LogP contribution in [0.4, 0.5) is 21.9 Å². The van der Waals surface area contributed by atoms with Gasteiger partial charge in [0.1, 0.15) is 0 Å². The van der Waals surface area contributed by atoms with Gasteiger partial charge < -0.3 is 34.7 Å². The van der Waals surface area contributed by atoms with Crippen molar-refractivity contribution in [2.24, 2.45) is 0 Å². The van der Waals surface area contributed by atoms with E-state index in [1.807, 2.05) is 65.5 Å². The first-order valence-corrected chi connectivity index (χ1v) is 36.2. The van der Waals surface area contributed by atoms with Gasteiger partial charge in [-0.3, -0.25) is 30.0 Å². The Labute approximate surface area is 559 Å². The lowest BCUT2D eigenvalue weighted by atomic mass is 9.87. The van der Waals surface area contributed by atoms with Crippen molar-refractivity contribution < 1.29 is 22.8 Å². The number of rotatable bonds is 8. The number of urea groups is 1. The number of amides is 4. The van der Waals surface area contributed by atoms with Crippen molar-refractivity contribution in [3.8, 4) is 0 Å². The fraction of sp³-hybridized carbons (Fsp3) is 0.563. The summed E-state index contributed by atoms with van der Waals surface area (Å²) in [5.41, 5.74) is 12.5. The van der Waals surface area contributed by atoms with Gasteiger partial charge in [-0.1, -0.05) is 51.1 Å². The molecule has 14 rings (SSSR count). The molecular formula is C71H99ClN16O5S. The molecule has 6 aliphatic rings. The van der Waals surface area contributed by atoms with Gasteiger partial charge in [-0.15, -0.1) is 0 Å². The van der Waals surface area contributed by atoms with Gasteiger partial charge in [0.25, 0.3) is 0 Å². The summed E-state index contributed by atoms with van der Waals surface area (Å²) in [6.07, 6.45) is 21.2. The number of carbonyl (C=O) groups excluding carboxylic acids is 3. The van der Waals surface area contributed by atoms with Crippen LogP contribution >= 0.6 is 11.6 Å². The number of hydrogen-bond acceptors (Lipinski definition) is 12. The van der Waals surface area contributed by atoms with Crippen LogP contribution < -0.4 is 20.0 Å². The highest BCUT2D eigenvalue weighted by molar-refractivity contribution is 7.88. The van der Waals surface area contributed by atoms with Crippen molar-refractivity contribution in [2.45, 2.75) is 174 Å². The SMILES string of the molecule is CC(=O)N1CCN(c2cc(C(C)C)cc3[nH]ncc23)CC1(C)C.CC(=O)N1CCN(c2cc(C3CCCC3)cc3[nH]ncc23)CC1(C)C.CC1(C)CN(c2cc(C3CCCC3)cc3[nH]ncc23)CCN1S(C)(=O)=O.CNC(=O)N1CCC(c2cc(Cl)cc3[nH]ncc23)CC1. The van der Waals surface area contributed by atoms with Gasteiger partial charge in [0.05, 0.1) is 64.2 Å². The number of nitrogens with one attached hydrogen (secondary N) is 5. The molecule has 4 aliphatic heterocycles. The van der Waals surface area contributed by atoms with Crippen LogP contribution in [0.1, 0.15) is 179 Å². The molecule has 94 heavy (non-hydrogen) atoms. The zero-order valence-corrected chi connectivity index (χ0v) is 58.9. The molecule has 0 atom stereocenters. The van der Waals surface area contributed by atoms with Crippen molar-refractivity contribution in [3.05, 3.63) is 101 Å². The number of aromatic nitrogens is 8. The van der Waals surface area contributed by atoms with E-state index >= 15 is 0 Å². The van der Waals surface area contributed by atoms with E-state index in [1.54, 1.807) is 25.2 Å². The molecule has 0 radical (unpaired) electrons. The number of likely N-dealkylation sites (tertiary alicyclic amines) is 1. The Morgan fingerprint density at radius 3 is 1.33 bits per heavy atom. The van der Waals surface area contributed by atoms with Crippen molar-refractivity contribution in [1.82, 2.24) is 65.1 Å². The summed E-state index contributed by atoms with van der Waals surface area (Å²) < 4.78 is 25.9. The summed E-state index contributed by atoms with van der Waals surface area (Å²) in [6.45, 7) is 28.7. The van der Waals surface area contributed by atoms with Crippen LogP contribution in [0.2, 0.25) is 5.02 Å². The molecule has 0 unspecified atom stereocenters. The largest absolute Gasteiger partial charge is 0.368 e. The van der Waals surface area contributed by atoms with E-state index in [9.17, 15) is 22.8 Å². The maximum absolute atomic E-state index is 12.1. The molecule has 4 saturated heterocycles. The molecule has 23 heteroatoms. The quantitative estimate of drug-likeness (QED) is 0.0956. The Morgan fingerprint density at radius 2 is 0.926 bits per heavy atom. The predicted octanol–water partition coefficient (Wildman–Crippen LogP) is 12.6. The highest BCUT2D eigenvalue weighted by Gasteiger charge is 2.41. The van der Waals surface area contributed by atoms with E-state index in [1.165, 1.54) is 102 Å². The number of H-pyrrole nitrogens is 4. The second-order valence-corrected chi connectivity index (χ2v) is 31.6. The standard InChI is InChI=1S/C20H28N4O.C19H28N4O2S.C18H26N4O.C14H17ClN4O/c1-14(25)24-9-8-23(13-20(24,2)3)19-11-16(15-6-4-5-7-15)10-18-17(19)12-21-22-18;1-19(2)13-22(8-9-23(19)26(3,24)25)18-11-15(14-6-4-5-7-14)10-17-16(18)12-20-21-17;1-12(2)14-8-16-15(10-19-20-16)17(9-14)21-6-7-22(13(3)23)18(4,5)11-21;1-16-14(20)19-4-2-9(3-5-19)11-6-10(15)7-13-12(11)8-17-18-13/h10-12,15H,4-9,13H2,1-3H3,(H,21,22);10-12,14H,4-9,13H2,1-3H3,(H,20,21);8-10,12H,6-7,11H2,1-5H3,(H,19,20);6-9H,2-5H2,1H3,(H,16,20)(H,17,18). The van der Waals surface area contributed by atoms with Gasteiger partial charge in [0.2, 0.25) is 21.8 Å². The van der Waals surface area contributed by atoms with Gasteiger partial charge in [0.15, 0.2) is 0 Å². The van der Waals surface area contributed by atoms with Crippen LogP contribution in [0.5, 0.6) is 0 Å². The molecule has 8 heterocycles. The molecule has 6 fully saturated rings. The fourth-order valence-corrected chi connectivity index (χ4v) is 17.6. The summed E-state index contributed by atoms with van der Waals surface area (Å²) in [4.78, 5) is 48.4. The minimum absolute atomic E-state index is 0.00278. The number of halogens is 1. The highest BCUT2D eigenvalue weighted by Crippen LogP contribution is 2.43. The number of fused-ring (bicyclic) bond motifs is 4. The molecule has 4 aromatic heterocycles. The first-order chi connectivity index (χ1) is 44.7. The number of anilines is 3. The number of hydrogen-bond donors (Lipinski definition) is 5. The topological polar surface area (TPSA) is 235 Å². The number of benzene rings is 4. The van der Waals surface area contributed by atoms with E-state index in [-0.39, 0.29) is 28.9 Å². The predicted molar refractivity (Wildman–Crippen MR) is 379 cm³/mol. The minimum Gasteiger partial charge on any atom is -0.368 e. The Kier molecular flexibility index (Phi) is 20.0. The first-order valence-electron chi connectivity index (χ1n) is 34.0. The summed E-state index contributed by atoms with van der Waals surface area (Å²) in [5, 5.41) is 37.2. The van der Waals surface area contributed by atoms with Crippen LogP contribution in [0, 0.1) is 0 Å². The van der Waals surface area contributed by atoms with Crippen LogP contribution in [-0.4, -0.2) is 188 Å². The third-order valence-electron chi connectivity index (χ3n) is 20.8. The van der Waals surface area contributed by atoms with Crippen LogP contribution in [0.3, 0.4) is 0 Å². The van der Waals surface area contributed by atoms with Crippen molar-refractivity contribution in [3.63, 3.8) is 0 Å². The second kappa shape index (κ2) is 27.7. The van der Waals surface area contributed by atoms with E-state index in [0.717, 1.165) is 108 Å². The normalized spacial score (nSPS) is 19.8. The molecule has 8 aromatic rings. The summed E-state index contributed by atoms with van der Waals surface area (Å²) in [5.74, 6) is 2.52. The van der Waals surface area contributed by atoms with Crippen molar-refractivity contribution in [2.75, 3.05) is 100.0 Å². The first kappa shape index (κ1) is 68.0. The van der Waals surface area contributed by atoms with Gasteiger partial charge in [-0.05, 0) is 175 Å². The van der Waals surface area contributed by atoms with E-state index in [4.69, 9.17) is 11.6 Å². The van der Waals surface area contributed by atoms with Gasteiger partial charge in [0, 0.05) is 142 Å².